The Bertz CT molecular complexity index is 543. The predicted octanol–water partition coefficient (Wildman–Crippen LogP) is 1.32. The third-order valence-electron chi connectivity index (χ3n) is 2.90. The Balaban J connectivity index is 3.19. The lowest BCUT2D eigenvalue weighted by molar-refractivity contribution is 0.171. The van der Waals surface area contributed by atoms with Crippen molar-refractivity contribution in [2.45, 2.75) is 24.8 Å². The van der Waals surface area contributed by atoms with Crippen LogP contribution in [0.2, 0.25) is 0 Å². The molecule has 0 aliphatic rings. The molecule has 0 radical (unpaired) electrons. The summed E-state index contributed by atoms with van der Waals surface area (Å²) in [5, 5.41) is 0. The number of nitrogen functional groups attached to an aromatic ring is 1. The van der Waals surface area contributed by atoms with Crippen molar-refractivity contribution in [3.8, 4) is 5.75 Å². The predicted molar refractivity (Wildman–Crippen MR) is 78.3 cm³/mol. The molecule has 0 spiro atoms. The second kappa shape index (κ2) is 6.92. The van der Waals surface area contributed by atoms with E-state index in [9.17, 15) is 8.42 Å². The maximum Gasteiger partial charge on any atom is 0.245 e. The summed E-state index contributed by atoms with van der Waals surface area (Å²) < 4.78 is 36.7. The van der Waals surface area contributed by atoms with Gasteiger partial charge in [-0.3, -0.25) is 0 Å². The Kier molecular flexibility index (Phi) is 5.79. The van der Waals surface area contributed by atoms with Crippen LogP contribution in [-0.4, -0.2) is 46.1 Å². The second-order valence-electron chi connectivity index (χ2n) is 4.61. The molecule has 2 N–H and O–H groups in total. The molecule has 1 aromatic carbocycles. The SMILES string of the molecule is COCCN(C(C)C)S(=O)(=O)c1ccc(OC)cc1N. The van der Waals surface area contributed by atoms with E-state index in [1.807, 2.05) is 13.8 Å². The van der Waals surface area contributed by atoms with Crippen LogP contribution in [0.1, 0.15) is 13.8 Å². The summed E-state index contributed by atoms with van der Waals surface area (Å²) >= 11 is 0. The van der Waals surface area contributed by atoms with E-state index in [1.54, 1.807) is 6.07 Å². The van der Waals surface area contributed by atoms with Crippen molar-refractivity contribution in [1.29, 1.82) is 0 Å². The standard InChI is InChI=1S/C13H22N2O4S/c1-10(2)15(7-8-18-3)20(16,17)13-6-5-11(19-4)9-12(13)14/h5-6,9-10H,7-8,14H2,1-4H3. The zero-order chi connectivity index (χ0) is 15.3. The van der Waals surface area contributed by atoms with Crippen LogP contribution in [-0.2, 0) is 14.8 Å². The lowest BCUT2D eigenvalue weighted by atomic mass is 10.3. The van der Waals surface area contributed by atoms with E-state index in [2.05, 4.69) is 0 Å². The fraction of sp³-hybridized carbons (Fsp3) is 0.538. The molecule has 0 aliphatic heterocycles. The molecule has 0 saturated carbocycles. The molecule has 1 rings (SSSR count). The van der Waals surface area contributed by atoms with E-state index < -0.39 is 10.0 Å². The molecule has 0 aliphatic carbocycles. The van der Waals surface area contributed by atoms with Gasteiger partial charge in [-0.1, -0.05) is 0 Å². The maximum absolute atomic E-state index is 12.6. The monoisotopic (exact) mass is 302 g/mol. The van der Waals surface area contributed by atoms with Gasteiger partial charge in [0.25, 0.3) is 0 Å². The summed E-state index contributed by atoms with van der Waals surface area (Å²) in [5.41, 5.74) is 6.01. The van der Waals surface area contributed by atoms with Gasteiger partial charge in [-0.15, -0.1) is 0 Å². The van der Waals surface area contributed by atoms with Crippen molar-refractivity contribution in [2.24, 2.45) is 0 Å². The number of hydrogen-bond acceptors (Lipinski definition) is 5. The number of ether oxygens (including phenoxy) is 2. The summed E-state index contributed by atoms with van der Waals surface area (Å²) in [6.45, 7) is 4.23. The minimum absolute atomic E-state index is 0.0862. The number of nitrogens with zero attached hydrogens (tertiary/aromatic N) is 1. The van der Waals surface area contributed by atoms with Crippen molar-refractivity contribution in [2.75, 3.05) is 33.1 Å². The fourth-order valence-corrected chi connectivity index (χ4v) is 3.57. The summed E-state index contributed by atoms with van der Waals surface area (Å²) in [6, 6.07) is 4.36. The zero-order valence-electron chi connectivity index (χ0n) is 12.3. The van der Waals surface area contributed by atoms with Crippen LogP contribution in [0.4, 0.5) is 5.69 Å². The quantitative estimate of drug-likeness (QED) is 0.768. The highest BCUT2D eigenvalue weighted by Gasteiger charge is 2.28. The largest absolute Gasteiger partial charge is 0.497 e. The molecule has 20 heavy (non-hydrogen) atoms. The first kappa shape index (κ1) is 16.7. The third kappa shape index (κ3) is 3.62. The zero-order valence-corrected chi connectivity index (χ0v) is 13.1. The van der Waals surface area contributed by atoms with Crippen molar-refractivity contribution >= 4 is 15.7 Å². The molecular weight excluding hydrogens is 280 g/mol. The minimum Gasteiger partial charge on any atom is -0.497 e. The van der Waals surface area contributed by atoms with Gasteiger partial charge in [0, 0.05) is 25.8 Å². The van der Waals surface area contributed by atoms with Gasteiger partial charge in [0.15, 0.2) is 0 Å². The van der Waals surface area contributed by atoms with Gasteiger partial charge < -0.3 is 15.2 Å². The third-order valence-corrected chi connectivity index (χ3v) is 5.04. The Labute approximate surface area is 120 Å². The summed E-state index contributed by atoms with van der Waals surface area (Å²) in [7, 11) is -0.619. The molecular formula is C13H22N2O4S. The van der Waals surface area contributed by atoms with Gasteiger partial charge >= 0.3 is 0 Å². The lowest BCUT2D eigenvalue weighted by Gasteiger charge is -2.26. The molecule has 0 bridgehead atoms. The number of hydrogen-bond donors (Lipinski definition) is 1. The first-order chi connectivity index (χ1) is 9.34. The van der Waals surface area contributed by atoms with Crippen LogP contribution in [0.15, 0.2) is 23.1 Å². The van der Waals surface area contributed by atoms with Gasteiger partial charge in [0.2, 0.25) is 10.0 Å². The number of anilines is 1. The Morgan fingerprint density at radius 3 is 2.40 bits per heavy atom. The highest BCUT2D eigenvalue weighted by atomic mass is 32.2. The van der Waals surface area contributed by atoms with Crippen LogP contribution in [0.25, 0.3) is 0 Å². The average molecular weight is 302 g/mol. The van der Waals surface area contributed by atoms with Crippen molar-refractivity contribution < 1.29 is 17.9 Å². The first-order valence-corrected chi connectivity index (χ1v) is 7.73. The van der Waals surface area contributed by atoms with E-state index >= 15 is 0 Å². The van der Waals surface area contributed by atoms with Gasteiger partial charge in [0.1, 0.15) is 10.6 Å². The average Bonchev–Trinajstić information content (AvgIpc) is 2.37. The van der Waals surface area contributed by atoms with E-state index in [1.165, 1.54) is 30.7 Å². The lowest BCUT2D eigenvalue weighted by Crippen LogP contribution is -2.39. The van der Waals surface area contributed by atoms with Gasteiger partial charge in [-0.2, -0.15) is 4.31 Å². The number of rotatable bonds is 7. The first-order valence-electron chi connectivity index (χ1n) is 6.29. The molecule has 0 atom stereocenters. The highest BCUT2D eigenvalue weighted by molar-refractivity contribution is 7.89. The molecule has 0 unspecified atom stereocenters. The van der Waals surface area contributed by atoms with Gasteiger partial charge in [-0.05, 0) is 26.0 Å². The van der Waals surface area contributed by atoms with Gasteiger partial charge in [0.05, 0.1) is 19.4 Å². The molecule has 0 heterocycles. The summed E-state index contributed by atoms with van der Waals surface area (Å²) in [6.07, 6.45) is 0. The smallest absolute Gasteiger partial charge is 0.245 e. The van der Waals surface area contributed by atoms with E-state index in [-0.39, 0.29) is 23.2 Å². The number of methoxy groups -OCH3 is 2. The van der Waals surface area contributed by atoms with E-state index in [4.69, 9.17) is 15.2 Å². The second-order valence-corrected chi connectivity index (χ2v) is 6.47. The maximum atomic E-state index is 12.6. The molecule has 6 nitrogen and oxygen atoms in total. The number of benzene rings is 1. The Morgan fingerprint density at radius 2 is 1.95 bits per heavy atom. The minimum atomic E-state index is -3.66. The van der Waals surface area contributed by atoms with Crippen molar-refractivity contribution in [3.05, 3.63) is 18.2 Å². The Hall–Kier alpha value is -1.31. The number of nitrogens with two attached hydrogens (primary N) is 1. The van der Waals surface area contributed by atoms with Crippen LogP contribution in [0, 0.1) is 0 Å². The molecule has 0 amide bonds. The van der Waals surface area contributed by atoms with Gasteiger partial charge in [-0.25, -0.2) is 8.42 Å². The molecule has 0 saturated heterocycles. The number of sulfonamides is 1. The fourth-order valence-electron chi connectivity index (χ4n) is 1.85. The van der Waals surface area contributed by atoms with Crippen molar-refractivity contribution in [1.82, 2.24) is 4.31 Å². The van der Waals surface area contributed by atoms with Crippen LogP contribution < -0.4 is 10.5 Å². The topological polar surface area (TPSA) is 81.9 Å². The highest BCUT2D eigenvalue weighted by Crippen LogP contribution is 2.27. The Morgan fingerprint density at radius 1 is 1.30 bits per heavy atom. The molecule has 114 valence electrons. The van der Waals surface area contributed by atoms with Crippen LogP contribution >= 0.6 is 0 Å². The molecule has 1 aromatic rings. The van der Waals surface area contributed by atoms with Crippen molar-refractivity contribution in [3.63, 3.8) is 0 Å². The molecule has 0 fully saturated rings. The molecule has 0 aromatic heterocycles. The van der Waals surface area contributed by atoms with E-state index in [0.717, 1.165) is 0 Å². The summed E-state index contributed by atoms with van der Waals surface area (Å²) in [5.74, 6) is 0.523. The molecule has 7 heteroatoms. The van der Waals surface area contributed by atoms with Crippen LogP contribution in [0.3, 0.4) is 0 Å². The van der Waals surface area contributed by atoms with Crippen LogP contribution in [0.5, 0.6) is 5.75 Å². The summed E-state index contributed by atoms with van der Waals surface area (Å²) in [4.78, 5) is 0.0862. The normalized spacial score (nSPS) is 12.1. The van der Waals surface area contributed by atoms with E-state index in [0.29, 0.717) is 12.4 Å².